The molecule has 1 saturated heterocycles. The smallest absolute Gasteiger partial charge is 0.150 e. The molecule has 2 N–H and O–H groups in total. The number of nitrogens with zero attached hydrogens (tertiary/aromatic N) is 1. The average Bonchev–Trinajstić information content (AvgIpc) is 3.29. The zero-order chi connectivity index (χ0) is 24.5. The Bertz CT molecular complexity index is 1240. The molecule has 5 nitrogen and oxygen atoms in total. The van der Waals surface area contributed by atoms with Gasteiger partial charge < -0.3 is 19.7 Å². The van der Waals surface area contributed by atoms with Gasteiger partial charge in [-0.05, 0) is 79.4 Å². The molecule has 182 valence electrons. The van der Waals surface area contributed by atoms with Crippen molar-refractivity contribution < 1.29 is 24.1 Å². The molecule has 3 aromatic carbocycles. The highest BCUT2D eigenvalue weighted by Gasteiger charge is 2.30. The van der Waals surface area contributed by atoms with Gasteiger partial charge >= 0.3 is 0 Å². The molecule has 3 atom stereocenters. The molecule has 0 amide bonds. The summed E-state index contributed by atoms with van der Waals surface area (Å²) in [5.41, 5.74) is 4.53. The molecule has 3 unspecified atom stereocenters. The van der Waals surface area contributed by atoms with Crippen LogP contribution in [0.4, 0.5) is 4.39 Å². The third-order valence-corrected chi connectivity index (χ3v) is 6.89. The summed E-state index contributed by atoms with van der Waals surface area (Å²) in [6.07, 6.45) is -0.538. The zero-order valence-corrected chi connectivity index (χ0v) is 19.9. The number of allylic oxidation sites excluding steroid dienone is 1. The van der Waals surface area contributed by atoms with E-state index in [-0.39, 0.29) is 17.5 Å². The van der Waals surface area contributed by atoms with Crippen LogP contribution >= 0.6 is 0 Å². The van der Waals surface area contributed by atoms with Gasteiger partial charge in [-0.15, -0.1) is 0 Å². The van der Waals surface area contributed by atoms with Crippen LogP contribution < -0.4 is 9.47 Å². The number of benzene rings is 3. The summed E-state index contributed by atoms with van der Waals surface area (Å²) in [5.74, 6) is 1.79. The highest BCUT2D eigenvalue weighted by Crippen LogP contribution is 2.47. The minimum absolute atomic E-state index is 0.146. The number of aromatic hydroxyl groups is 2. The quantitative estimate of drug-likeness (QED) is 0.460. The highest BCUT2D eigenvalue weighted by atomic mass is 19.1. The molecule has 0 aromatic heterocycles. The lowest BCUT2D eigenvalue weighted by Gasteiger charge is -2.31. The number of hydrogen-bond acceptors (Lipinski definition) is 5. The fourth-order valence-electron chi connectivity index (χ4n) is 4.92. The van der Waals surface area contributed by atoms with Gasteiger partial charge in [0.2, 0.25) is 0 Å². The Balaban J connectivity index is 1.41. The molecular formula is C29H30FNO4. The molecule has 0 saturated carbocycles. The maximum Gasteiger partial charge on any atom is 0.150 e. The number of phenolic OH excluding ortho intramolecular Hbond substituents is 2. The first-order valence-electron chi connectivity index (χ1n) is 12.0. The van der Waals surface area contributed by atoms with Crippen LogP contribution in [0.15, 0.2) is 66.7 Å². The van der Waals surface area contributed by atoms with Crippen molar-refractivity contribution in [2.24, 2.45) is 0 Å². The largest absolute Gasteiger partial charge is 0.508 e. The van der Waals surface area contributed by atoms with E-state index in [1.165, 1.54) is 0 Å². The van der Waals surface area contributed by atoms with E-state index in [0.29, 0.717) is 25.3 Å². The lowest BCUT2D eigenvalue weighted by molar-refractivity contribution is 0.163. The molecular weight excluding hydrogens is 445 g/mol. The van der Waals surface area contributed by atoms with Gasteiger partial charge in [0.15, 0.2) is 0 Å². The van der Waals surface area contributed by atoms with Crippen molar-refractivity contribution in [3.8, 4) is 23.0 Å². The Morgan fingerprint density at radius 1 is 1.06 bits per heavy atom. The normalized spacial score (nSPS) is 20.9. The van der Waals surface area contributed by atoms with E-state index in [9.17, 15) is 14.6 Å². The first-order chi connectivity index (χ1) is 16.9. The third kappa shape index (κ3) is 4.84. The monoisotopic (exact) mass is 475 g/mol. The van der Waals surface area contributed by atoms with Crippen LogP contribution in [0.3, 0.4) is 0 Å². The van der Waals surface area contributed by atoms with Gasteiger partial charge in [-0.3, -0.25) is 4.90 Å². The molecule has 0 spiro atoms. The number of fused-ring (bicyclic) bond motifs is 1. The number of phenols is 2. The van der Waals surface area contributed by atoms with E-state index >= 15 is 0 Å². The minimum atomic E-state index is -0.737. The lowest BCUT2D eigenvalue weighted by Crippen LogP contribution is -2.35. The number of halogens is 1. The van der Waals surface area contributed by atoms with E-state index in [1.807, 2.05) is 43.3 Å². The van der Waals surface area contributed by atoms with Crippen molar-refractivity contribution in [2.45, 2.75) is 38.6 Å². The topological polar surface area (TPSA) is 62.2 Å². The maximum absolute atomic E-state index is 13.5. The fraction of sp³-hybridized carbons (Fsp3) is 0.310. The van der Waals surface area contributed by atoms with Crippen molar-refractivity contribution in [3.05, 3.63) is 83.4 Å². The van der Waals surface area contributed by atoms with Gasteiger partial charge in [0.1, 0.15) is 41.9 Å². The summed E-state index contributed by atoms with van der Waals surface area (Å²) >= 11 is 0. The maximum atomic E-state index is 13.5. The number of likely N-dealkylation sites (tertiary alicyclic amines) is 1. The van der Waals surface area contributed by atoms with Gasteiger partial charge in [0.25, 0.3) is 0 Å². The SMILES string of the molecule is CC1=C(c2cccc(O)c2)C(c2ccc(OCC(C)N3CCC(F)C3)cc2)Oc2ccc(O)cc21. The van der Waals surface area contributed by atoms with E-state index in [2.05, 4.69) is 11.8 Å². The van der Waals surface area contributed by atoms with Crippen LogP contribution in [0, 0.1) is 0 Å². The molecule has 0 bridgehead atoms. The Morgan fingerprint density at radius 2 is 1.83 bits per heavy atom. The van der Waals surface area contributed by atoms with Gasteiger partial charge in [-0.2, -0.15) is 0 Å². The Labute approximate surface area is 205 Å². The molecule has 0 radical (unpaired) electrons. The number of ether oxygens (including phenoxy) is 2. The molecule has 0 aliphatic carbocycles. The Hall–Kier alpha value is -3.51. The Morgan fingerprint density at radius 3 is 2.54 bits per heavy atom. The molecule has 3 aromatic rings. The fourth-order valence-corrected chi connectivity index (χ4v) is 4.92. The molecule has 2 aliphatic rings. The van der Waals surface area contributed by atoms with Crippen molar-refractivity contribution in [3.63, 3.8) is 0 Å². The van der Waals surface area contributed by atoms with Crippen molar-refractivity contribution in [1.29, 1.82) is 0 Å². The summed E-state index contributed by atoms with van der Waals surface area (Å²) in [6.45, 7) is 5.81. The molecule has 1 fully saturated rings. The van der Waals surface area contributed by atoms with Gasteiger partial charge in [-0.1, -0.05) is 24.3 Å². The zero-order valence-electron chi connectivity index (χ0n) is 19.9. The molecule has 6 heteroatoms. The van der Waals surface area contributed by atoms with E-state index in [1.54, 1.807) is 30.3 Å². The van der Waals surface area contributed by atoms with Crippen molar-refractivity contribution >= 4 is 11.1 Å². The number of rotatable bonds is 6. The summed E-state index contributed by atoms with van der Waals surface area (Å²) in [5, 5.41) is 20.2. The average molecular weight is 476 g/mol. The van der Waals surface area contributed by atoms with E-state index < -0.39 is 12.3 Å². The summed E-state index contributed by atoms with van der Waals surface area (Å²) in [6, 6.07) is 20.2. The number of hydrogen-bond donors (Lipinski definition) is 2. The molecule has 2 aliphatic heterocycles. The van der Waals surface area contributed by atoms with Gasteiger partial charge in [0, 0.05) is 30.3 Å². The second-order valence-corrected chi connectivity index (χ2v) is 9.38. The summed E-state index contributed by atoms with van der Waals surface area (Å²) in [4.78, 5) is 2.12. The van der Waals surface area contributed by atoms with Crippen LogP contribution in [0.5, 0.6) is 23.0 Å². The second-order valence-electron chi connectivity index (χ2n) is 9.38. The molecule has 35 heavy (non-hydrogen) atoms. The Kier molecular flexibility index (Phi) is 6.39. The van der Waals surface area contributed by atoms with Crippen LogP contribution in [0.2, 0.25) is 0 Å². The van der Waals surface area contributed by atoms with Crippen LogP contribution in [0.25, 0.3) is 11.1 Å². The standard InChI is InChI=1S/C29H30FNO4/c1-18(31-13-12-22(30)16-31)17-34-25-9-6-20(7-10-25)29-28(21-4-3-5-23(32)14-21)19(2)26-15-24(33)8-11-27(26)35-29/h3-11,14-15,18,22,29,32-33H,12-13,16-17H2,1-2H3. The van der Waals surface area contributed by atoms with Crippen LogP contribution in [-0.4, -0.2) is 47.0 Å². The van der Waals surface area contributed by atoms with Gasteiger partial charge in [-0.25, -0.2) is 4.39 Å². The first kappa shape index (κ1) is 23.2. The lowest BCUT2D eigenvalue weighted by atomic mass is 9.86. The summed E-state index contributed by atoms with van der Waals surface area (Å²) < 4.78 is 25.9. The van der Waals surface area contributed by atoms with Crippen LogP contribution in [0.1, 0.15) is 43.1 Å². The van der Waals surface area contributed by atoms with E-state index in [4.69, 9.17) is 9.47 Å². The number of alkyl halides is 1. The second kappa shape index (κ2) is 9.62. The highest BCUT2D eigenvalue weighted by molar-refractivity contribution is 5.95. The molecule has 5 rings (SSSR count). The van der Waals surface area contributed by atoms with Crippen LogP contribution in [-0.2, 0) is 0 Å². The predicted molar refractivity (Wildman–Crippen MR) is 135 cm³/mol. The van der Waals surface area contributed by atoms with Gasteiger partial charge in [0.05, 0.1) is 0 Å². The first-order valence-corrected chi connectivity index (χ1v) is 12.0. The molecule has 2 heterocycles. The minimum Gasteiger partial charge on any atom is -0.508 e. The van der Waals surface area contributed by atoms with E-state index in [0.717, 1.165) is 40.1 Å². The van der Waals surface area contributed by atoms with Crippen molar-refractivity contribution in [2.75, 3.05) is 19.7 Å². The predicted octanol–water partition coefficient (Wildman–Crippen LogP) is 5.97. The summed E-state index contributed by atoms with van der Waals surface area (Å²) in [7, 11) is 0. The van der Waals surface area contributed by atoms with Crippen molar-refractivity contribution in [1.82, 2.24) is 4.90 Å². The third-order valence-electron chi connectivity index (χ3n) is 6.89.